The maximum absolute atomic E-state index is 11.6. The molecule has 0 N–H and O–H groups in total. The first-order valence-electron chi connectivity index (χ1n) is 3.13. The van der Waals surface area contributed by atoms with E-state index in [0.717, 1.165) is 4.90 Å². The lowest BCUT2D eigenvalue weighted by Crippen LogP contribution is -1.88. The molecule has 3 heteroatoms. The van der Waals surface area contributed by atoms with Crippen LogP contribution in [0.3, 0.4) is 0 Å². The maximum Gasteiger partial charge on any atom is 0.0390 e. The quantitative estimate of drug-likeness (QED) is 0.645. The van der Waals surface area contributed by atoms with E-state index in [-0.39, 0.29) is 0 Å². The van der Waals surface area contributed by atoms with E-state index in [4.69, 9.17) is 0 Å². The number of benzene rings is 1. The molecule has 0 bridgehead atoms. The average Bonchev–Trinajstić information content (AvgIpc) is 2.06. The number of rotatable bonds is 2. The molecule has 1 unspecified atom stereocenters. The van der Waals surface area contributed by atoms with Gasteiger partial charge in [0.15, 0.2) is 0 Å². The average molecular weight is 184 g/mol. The van der Waals surface area contributed by atoms with Gasteiger partial charge in [-0.15, -0.1) is 0 Å². The van der Waals surface area contributed by atoms with Crippen molar-refractivity contribution in [2.24, 2.45) is 0 Å². The highest BCUT2D eigenvalue weighted by Gasteiger charge is 1.99. The summed E-state index contributed by atoms with van der Waals surface area (Å²) in [4.78, 5) is 0.756. The third-order valence-electron chi connectivity index (χ3n) is 1.33. The number of hydrogen-bond acceptors (Lipinski definition) is 1. The Morgan fingerprint density at radius 1 is 1.36 bits per heavy atom. The second kappa shape index (κ2) is 3.21. The Hall–Kier alpha value is -0.590. The predicted molar refractivity (Wildman–Crippen MR) is 51.4 cm³/mol. The highest BCUT2D eigenvalue weighted by atomic mass is 32.5. The summed E-state index contributed by atoms with van der Waals surface area (Å²) in [7, 11) is 0.972. The summed E-state index contributed by atoms with van der Waals surface area (Å²) in [6.07, 6.45) is 0. The normalized spacial score (nSPS) is 15.3. The van der Waals surface area contributed by atoms with Crippen molar-refractivity contribution in [1.29, 1.82) is 0 Å². The van der Waals surface area contributed by atoms with Crippen LogP contribution in [0.4, 0.5) is 0 Å². The van der Waals surface area contributed by atoms with Gasteiger partial charge in [0, 0.05) is 14.0 Å². The molecular weight excluding hydrogens is 175 g/mol. The highest BCUT2D eigenvalue weighted by Crippen LogP contribution is 2.14. The van der Waals surface area contributed by atoms with Gasteiger partial charge in [-0.25, -0.2) is 0 Å². The summed E-state index contributed by atoms with van der Waals surface area (Å²) in [5.41, 5.74) is 0. The second-order valence-electron chi connectivity index (χ2n) is 2.08. The van der Waals surface area contributed by atoms with Gasteiger partial charge in [0.25, 0.3) is 0 Å². The largest absolute Gasteiger partial charge is 0.254 e. The minimum Gasteiger partial charge on any atom is -0.254 e. The molecule has 0 aliphatic carbocycles. The van der Waals surface area contributed by atoms with E-state index in [1.54, 1.807) is 12.1 Å². The minimum absolute atomic E-state index is 0.756. The molecule has 0 aliphatic heterocycles. The summed E-state index contributed by atoms with van der Waals surface area (Å²) < 4.78 is 11.6. The SMILES string of the molecule is C=CS(=O)(=P)c1ccccc1. The van der Waals surface area contributed by atoms with Gasteiger partial charge in [0.1, 0.15) is 0 Å². The van der Waals surface area contributed by atoms with Crippen LogP contribution in [0.1, 0.15) is 0 Å². The van der Waals surface area contributed by atoms with Crippen molar-refractivity contribution < 1.29 is 4.21 Å². The molecule has 0 heterocycles. The van der Waals surface area contributed by atoms with Crippen LogP contribution in [0.25, 0.3) is 0 Å². The molecule has 1 rings (SSSR count). The third kappa shape index (κ3) is 1.92. The monoisotopic (exact) mass is 184 g/mol. The zero-order valence-corrected chi connectivity index (χ0v) is 7.80. The van der Waals surface area contributed by atoms with E-state index in [2.05, 4.69) is 14.6 Å². The van der Waals surface area contributed by atoms with Crippen molar-refractivity contribution in [3.63, 3.8) is 0 Å². The molecule has 11 heavy (non-hydrogen) atoms. The van der Waals surface area contributed by atoms with Crippen LogP contribution in [0.2, 0.25) is 0 Å². The molecular formula is C8H9OPS. The van der Waals surface area contributed by atoms with E-state index in [1.165, 1.54) is 5.41 Å². The molecule has 0 amide bonds. The van der Waals surface area contributed by atoms with E-state index in [1.807, 2.05) is 18.2 Å². The lowest BCUT2D eigenvalue weighted by molar-refractivity contribution is 0.687. The Kier molecular flexibility index (Phi) is 2.48. The van der Waals surface area contributed by atoms with Gasteiger partial charge in [-0.1, -0.05) is 24.8 Å². The molecule has 0 saturated carbocycles. The predicted octanol–water partition coefficient (Wildman–Crippen LogP) is 2.53. The topological polar surface area (TPSA) is 17.1 Å². The lowest BCUT2D eigenvalue weighted by Gasteiger charge is -2.00. The molecule has 58 valence electrons. The fraction of sp³-hybridized carbons (Fsp3) is 0. The smallest absolute Gasteiger partial charge is 0.0390 e. The van der Waals surface area contributed by atoms with Crippen molar-refractivity contribution in [3.8, 4) is 0 Å². The van der Waals surface area contributed by atoms with Gasteiger partial charge in [0.05, 0.1) is 0 Å². The van der Waals surface area contributed by atoms with Crippen molar-refractivity contribution in [2.45, 2.75) is 4.90 Å². The summed E-state index contributed by atoms with van der Waals surface area (Å²) >= 11 is 0. The molecule has 1 nitrogen and oxygen atoms in total. The second-order valence-corrected chi connectivity index (χ2v) is 5.91. The van der Waals surface area contributed by atoms with Crippen molar-refractivity contribution in [3.05, 3.63) is 42.3 Å². The van der Waals surface area contributed by atoms with Gasteiger partial charge in [-0.05, 0) is 25.6 Å². The van der Waals surface area contributed by atoms with Gasteiger partial charge < -0.3 is 0 Å². The molecule has 1 atom stereocenters. The summed E-state index contributed by atoms with van der Waals surface area (Å²) in [5.74, 6) is 0. The molecule has 1 aromatic rings. The van der Waals surface area contributed by atoms with Crippen LogP contribution in [-0.2, 0) is 9.11 Å². The molecule has 0 aliphatic rings. The molecule has 0 fully saturated rings. The zero-order valence-electron chi connectivity index (χ0n) is 5.99. The summed E-state index contributed by atoms with van der Waals surface area (Å²) in [6.45, 7) is 3.48. The minimum atomic E-state index is -2.18. The van der Waals surface area contributed by atoms with Crippen molar-refractivity contribution in [1.82, 2.24) is 0 Å². The lowest BCUT2D eigenvalue weighted by atomic mass is 10.4. The van der Waals surface area contributed by atoms with E-state index < -0.39 is 9.11 Å². The zero-order chi connectivity index (χ0) is 8.32. The molecule has 1 aromatic carbocycles. The fourth-order valence-electron chi connectivity index (χ4n) is 0.719. The Labute approximate surface area is 69.0 Å². The van der Waals surface area contributed by atoms with Crippen LogP contribution in [0, 0.1) is 0 Å². The van der Waals surface area contributed by atoms with Crippen LogP contribution < -0.4 is 0 Å². The Morgan fingerprint density at radius 2 is 1.91 bits per heavy atom. The van der Waals surface area contributed by atoms with Gasteiger partial charge >= 0.3 is 0 Å². The summed E-state index contributed by atoms with van der Waals surface area (Å²) in [5, 5.41) is 1.42. The Morgan fingerprint density at radius 3 is 2.36 bits per heavy atom. The van der Waals surface area contributed by atoms with E-state index in [9.17, 15) is 4.21 Å². The van der Waals surface area contributed by atoms with E-state index >= 15 is 0 Å². The molecule has 0 radical (unpaired) electrons. The van der Waals surface area contributed by atoms with Gasteiger partial charge in [-0.2, -0.15) is 0 Å². The standard InChI is InChI=1S/C8H9OPS/c1-2-11(9,10)8-6-4-3-5-7-8/h2-7,10H,1H2. The molecule has 0 saturated heterocycles. The Balaban J connectivity index is 3.24. The first-order chi connectivity index (χ1) is 5.17. The van der Waals surface area contributed by atoms with Crippen LogP contribution in [0.15, 0.2) is 47.2 Å². The Bertz CT molecular complexity index is 340. The first kappa shape index (κ1) is 8.51. The van der Waals surface area contributed by atoms with Gasteiger partial charge in [-0.3, -0.25) is 4.21 Å². The number of hydrogen-bond donors (Lipinski definition) is 0. The molecule has 0 spiro atoms. The van der Waals surface area contributed by atoms with Crippen molar-refractivity contribution >= 4 is 17.1 Å². The van der Waals surface area contributed by atoms with Crippen LogP contribution in [-0.4, -0.2) is 4.21 Å². The van der Waals surface area contributed by atoms with Crippen LogP contribution in [0.5, 0.6) is 0 Å². The maximum atomic E-state index is 11.6. The van der Waals surface area contributed by atoms with Crippen molar-refractivity contribution in [2.75, 3.05) is 0 Å². The van der Waals surface area contributed by atoms with Crippen LogP contribution >= 0.6 is 8.02 Å². The molecule has 0 aromatic heterocycles. The van der Waals surface area contributed by atoms with Gasteiger partial charge in [0.2, 0.25) is 0 Å². The first-order valence-corrected chi connectivity index (χ1v) is 5.98. The fourth-order valence-corrected chi connectivity index (χ4v) is 1.88. The van der Waals surface area contributed by atoms with E-state index in [0.29, 0.717) is 0 Å². The highest BCUT2D eigenvalue weighted by molar-refractivity contribution is 8.22. The third-order valence-corrected chi connectivity index (χ3v) is 3.98. The summed E-state index contributed by atoms with van der Waals surface area (Å²) in [6, 6.07) is 9.18.